The number of ether oxygens (including phenoxy) is 3. The Hall–Kier alpha value is -3.44. The van der Waals surface area contributed by atoms with Crippen molar-refractivity contribution in [2.24, 2.45) is 0 Å². The molecule has 60 heavy (non-hydrogen) atoms. The lowest BCUT2D eigenvalue weighted by atomic mass is 10.1. The number of hydrogen-bond donors (Lipinski definition) is 0. The van der Waals surface area contributed by atoms with Crippen LogP contribution in [0.3, 0.4) is 0 Å². The first kappa shape index (κ1) is 56.6. The van der Waals surface area contributed by atoms with Gasteiger partial charge >= 0.3 is 11.9 Å². The summed E-state index contributed by atoms with van der Waals surface area (Å²) in [7, 11) is 0. The average Bonchev–Trinajstić information content (AvgIpc) is 3.25. The van der Waals surface area contributed by atoms with E-state index >= 15 is 0 Å². The van der Waals surface area contributed by atoms with Crippen LogP contribution in [0.15, 0.2) is 109 Å². The largest absolute Gasteiger partial charge is 0.462 e. The van der Waals surface area contributed by atoms with Crippen LogP contribution in [0.2, 0.25) is 0 Å². The van der Waals surface area contributed by atoms with Crippen molar-refractivity contribution in [2.45, 2.75) is 207 Å². The lowest BCUT2D eigenvalue weighted by molar-refractivity contribution is -0.162. The quantitative estimate of drug-likeness (QED) is 0.0348. The van der Waals surface area contributed by atoms with Gasteiger partial charge in [0.15, 0.2) is 6.10 Å². The van der Waals surface area contributed by atoms with Crippen molar-refractivity contribution in [2.75, 3.05) is 19.8 Å². The van der Waals surface area contributed by atoms with Crippen molar-refractivity contribution < 1.29 is 23.8 Å². The van der Waals surface area contributed by atoms with Gasteiger partial charge in [0.2, 0.25) is 0 Å². The summed E-state index contributed by atoms with van der Waals surface area (Å²) >= 11 is 0. The Morgan fingerprint density at radius 3 is 1.27 bits per heavy atom. The van der Waals surface area contributed by atoms with E-state index in [0.29, 0.717) is 25.9 Å². The highest BCUT2D eigenvalue weighted by Gasteiger charge is 2.17. The van der Waals surface area contributed by atoms with Crippen LogP contribution in [0.4, 0.5) is 0 Å². The van der Waals surface area contributed by atoms with Gasteiger partial charge in [0.25, 0.3) is 0 Å². The number of allylic oxidation sites excluding steroid dienone is 18. The van der Waals surface area contributed by atoms with Crippen molar-refractivity contribution in [1.82, 2.24) is 0 Å². The fraction of sp³-hybridized carbons (Fsp3) is 0.636. The number of esters is 2. The van der Waals surface area contributed by atoms with Crippen LogP contribution in [0.5, 0.6) is 0 Å². The monoisotopic (exact) mass is 831 g/mol. The molecule has 5 nitrogen and oxygen atoms in total. The van der Waals surface area contributed by atoms with E-state index in [-0.39, 0.29) is 25.2 Å². The molecule has 340 valence electrons. The van der Waals surface area contributed by atoms with Gasteiger partial charge in [0, 0.05) is 19.4 Å². The second-order valence-corrected chi connectivity index (χ2v) is 15.6. The van der Waals surface area contributed by atoms with Crippen molar-refractivity contribution in [3.05, 3.63) is 109 Å². The lowest BCUT2D eigenvalue weighted by Gasteiger charge is -2.18. The van der Waals surface area contributed by atoms with E-state index in [1.807, 2.05) is 6.08 Å². The summed E-state index contributed by atoms with van der Waals surface area (Å²) < 4.78 is 17.2. The molecular formula is C55H90O5. The molecule has 1 unspecified atom stereocenters. The summed E-state index contributed by atoms with van der Waals surface area (Å²) in [6, 6.07) is 0. The van der Waals surface area contributed by atoms with E-state index in [1.54, 1.807) is 0 Å². The Bertz CT molecular complexity index is 1210. The standard InChI is InChI=1S/C55H90O5/c1-4-7-10-13-16-18-20-22-24-26-28-29-31-33-35-37-40-42-45-48-54(56)59-52-53(60-55(57)49-46-43-39-15-12-9-6-3)51-58-50-47-44-41-38-36-34-32-30-27-25-23-21-19-17-14-11-8-5-2/h7-8,10-11,16-19,22-25,28-29,33,35,40,42,53H,4-6,9,12-15,20-21,26-27,30-32,34,36-39,41,43-52H2,1-3H3/b10-7-,11-8-,18-16-,19-17-,24-22-,25-23-,29-28-,35-33-,42-40-. The molecule has 1 atom stereocenters. The maximum atomic E-state index is 12.7. The Morgan fingerprint density at radius 2 is 0.783 bits per heavy atom. The van der Waals surface area contributed by atoms with Crippen molar-refractivity contribution in [1.29, 1.82) is 0 Å². The molecule has 0 aromatic rings. The van der Waals surface area contributed by atoms with Gasteiger partial charge in [-0.25, -0.2) is 0 Å². The summed E-state index contributed by atoms with van der Waals surface area (Å²) in [5, 5.41) is 0. The normalized spacial score (nSPS) is 13.2. The molecule has 0 bridgehead atoms. The molecule has 0 aromatic carbocycles. The van der Waals surface area contributed by atoms with Gasteiger partial charge in [0.1, 0.15) is 6.61 Å². The topological polar surface area (TPSA) is 61.8 Å². The summed E-state index contributed by atoms with van der Waals surface area (Å²) in [6.07, 6.45) is 68.3. The molecular weight excluding hydrogens is 741 g/mol. The van der Waals surface area contributed by atoms with Gasteiger partial charge in [-0.1, -0.05) is 207 Å². The van der Waals surface area contributed by atoms with Crippen LogP contribution in [0.25, 0.3) is 0 Å². The summed E-state index contributed by atoms with van der Waals surface area (Å²) in [5.41, 5.74) is 0. The Balaban J connectivity index is 4.27. The molecule has 0 N–H and O–H groups in total. The van der Waals surface area contributed by atoms with E-state index in [0.717, 1.165) is 89.9 Å². The maximum Gasteiger partial charge on any atom is 0.306 e. The van der Waals surface area contributed by atoms with Crippen LogP contribution in [0.1, 0.15) is 201 Å². The Kier molecular flexibility index (Phi) is 47.1. The van der Waals surface area contributed by atoms with E-state index in [4.69, 9.17) is 14.2 Å². The number of rotatable bonds is 43. The van der Waals surface area contributed by atoms with Crippen LogP contribution in [0, 0.1) is 0 Å². The number of hydrogen-bond acceptors (Lipinski definition) is 5. The van der Waals surface area contributed by atoms with Gasteiger partial charge in [-0.05, 0) is 89.9 Å². The molecule has 0 saturated carbocycles. The first-order chi connectivity index (χ1) is 29.6. The highest BCUT2D eigenvalue weighted by Crippen LogP contribution is 2.12. The molecule has 0 aliphatic carbocycles. The van der Waals surface area contributed by atoms with E-state index < -0.39 is 6.10 Å². The van der Waals surface area contributed by atoms with Gasteiger partial charge < -0.3 is 14.2 Å². The van der Waals surface area contributed by atoms with Crippen LogP contribution >= 0.6 is 0 Å². The summed E-state index contributed by atoms with van der Waals surface area (Å²) in [6.45, 7) is 7.46. The van der Waals surface area contributed by atoms with E-state index in [2.05, 4.69) is 124 Å². The molecule has 0 heterocycles. The molecule has 0 spiro atoms. The first-order valence-electron chi connectivity index (χ1n) is 24.4. The van der Waals surface area contributed by atoms with Gasteiger partial charge in [-0.15, -0.1) is 0 Å². The predicted octanol–water partition coefficient (Wildman–Crippen LogP) is 16.4. The van der Waals surface area contributed by atoms with Gasteiger partial charge in [-0.3, -0.25) is 9.59 Å². The molecule has 0 saturated heterocycles. The molecule has 0 radical (unpaired) electrons. The molecule has 0 aliphatic rings. The third-order valence-corrected chi connectivity index (χ3v) is 9.82. The highest BCUT2D eigenvalue weighted by molar-refractivity contribution is 5.70. The maximum absolute atomic E-state index is 12.7. The highest BCUT2D eigenvalue weighted by atomic mass is 16.6. The first-order valence-corrected chi connectivity index (χ1v) is 24.4. The fourth-order valence-corrected chi connectivity index (χ4v) is 6.25. The third-order valence-electron chi connectivity index (χ3n) is 9.82. The van der Waals surface area contributed by atoms with Crippen LogP contribution < -0.4 is 0 Å². The van der Waals surface area contributed by atoms with E-state index in [9.17, 15) is 9.59 Å². The molecule has 0 rings (SSSR count). The smallest absolute Gasteiger partial charge is 0.306 e. The van der Waals surface area contributed by atoms with E-state index in [1.165, 1.54) is 70.6 Å². The van der Waals surface area contributed by atoms with Crippen molar-refractivity contribution in [3.8, 4) is 0 Å². The zero-order chi connectivity index (χ0) is 43.5. The van der Waals surface area contributed by atoms with Crippen molar-refractivity contribution >= 4 is 11.9 Å². The van der Waals surface area contributed by atoms with Gasteiger partial charge in [-0.2, -0.15) is 0 Å². The summed E-state index contributed by atoms with van der Waals surface area (Å²) in [5.74, 6) is -0.511. The fourth-order valence-electron chi connectivity index (χ4n) is 6.25. The third kappa shape index (κ3) is 47.2. The van der Waals surface area contributed by atoms with Crippen molar-refractivity contribution in [3.63, 3.8) is 0 Å². The molecule has 0 aromatic heterocycles. The van der Waals surface area contributed by atoms with Crippen LogP contribution in [-0.2, 0) is 23.8 Å². The minimum absolute atomic E-state index is 0.0368. The second kappa shape index (κ2) is 49.9. The zero-order valence-corrected chi connectivity index (χ0v) is 38.9. The molecule has 0 amide bonds. The Morgan fingerprint density at radius 1 is 0.383 bits per heavy atom. The van der Waals surface area contributed by atoms with Crippen LogP contribution in [-0.4, -0.2) is 37.9 Å². The average molecular weight is 831 g/mol. The number of carbonyl (C=O) groups is 2. The van der Waals surface area contributed by atoms with Gasteiger partial charge in [0.05, 0.1) is 6.61 Å². The number of carbonyl (C=O) groups excluding carboxylic acids is 2. The minimum atomic E-state index is -0.573. The SMILES string of the molecule is CC/C=C\C/C=C\C/C=C\C/C=C\C/C=C\C/C=C\CCC(=O)OCC(COCCCCCCCCCC/C=C\C/C=C\C/C=C\CC)OC(=O)CCCCCCCCC. The minimum Gasteiger partial charge on any atom is -0.462 e. The second-order valence-electron chi connectivity index (χ2n) is 15.6. The lowest BCUT2D eigenvalue weighted by Crippen LogP contribution is -2.30. The summed E-state index contributed by atoms with van der Waals surface area (Å²) in [4.78, 5) is 25.2. The number of unbranched alkanes of at least 4 members (excludes halogenated alkanes) is 14. The zero-order valence-electron chi connectivity index (χ0n) is 38.9. The molecule has 0 aliphatic heterocycles. The Labute approximate surface area is 370 Å². The predicted molar refractivity (Wildman–Crippen MR) is 260 cm³/mol. The molecule has 5 heteroatoms. The molecule has 0 fully saturated rings.